The third-order valence-electron chi connectivity index (χ3n) is 3.57. The van der Waals surface area contributed by atoms with Crippen molar-refractivity contribution in [3.8, 4) is 0 Å². The molecule has 0 fully saturated rings. The van der Waals surface area contributed by atoms with Gasteiger partial charge in [-0.25, -0.2) is 4.98 Å². The second-order valence-corrected chi connectivity index (χ2v) is 5.61. The fourth-order valence-electron chi connectivity index (χ4n) is 2.35. The Kier molecular flexibility index (Phi) is 3.14. The van der Waals surface area contributed by atoms with Gasteiger partial charge >= 0.3 is 0 Å². The molecule has 0 aliphatic heterocycles. The van der Waals surface area contributed by atoms with Crippen LogP contribution >= 0.6 is 11.6 Å². The predicted octanol–water partition coefficient (Wildman–Crippen LogP) is 4.01. The summed E-state index contributed by atoms with van der Waals surface area (Å²) in [7, 11) is 0. The summed E-state index contributed by atoms with van der Waals surface area (Å²) in [6.07, 6.45) is 0.757. The molecule has 4 heteroatoms. The molecule has 0 saturated carbocycles. The second-order valence-electron chi connectivity index (χ2n) is 5.17. The maximum absolute atomic E-state index is 6.00. The molecular formula is C16H16ClN3. The molecule has 3 rings (SSSR count). The minimum absolute atomic E-state index is 0.607. The van der Waals surface area contributed by atoms with Gasteiger partial charge < -0.3 is 10.7 Å². The number of benzene rings is 2. The number of hydrogen-bond donors (Lipinski definition) is 2. The lowest BCUT2D eigenvalue weighted by Gasteiger charge is -2.03. The summed E-state index contributed by atoms with van der Waals surface area (Å²) in [5, 5.41) is 0.622. The molecular weight excluding hydrogens is 270 g/mol. The van der Waals surface area contributed by atoms with Gasteiger partial charge in [0.2, 0.25) is 0 Å². The van der Waals surface area contributed by atoms with Gasteiger partial charge in [0.1, 0.15) is 11.3 Å². The molecule has 3 aromatic rings. The number of rotatable bonds is 2. The van der Waals surface area contributed by atoms with Crippen molar-refractivity contribution in [1.29, 1.82) is 0 Å². The molecule has 1 heterocycles. The van der Waals surface area contributed by atoms with E-state index in [9.17, 15) is 0 Å². The number of imidazole rings is 1. The zero-order valence-corrected chi connectivity index (χ0v) is 12.3. The van der Waals surface area contributed by atoms with Gasteiger partial charge in [-0.15, -0.1) is 0 Å². The van der Waals surface area contributed by atoms with Crippen molar-refractivity contribution < 1.29 is 0 Å². The third-order valence-corrected chi connectivity index (χ3v) is 3.79. The highest BCUT2D eigenvalue weighted by Gasteiger charge is 2.08. The SMILES string of the molecule is Cc1ccc(Cc2nc3c(N)cc(Cl)cc3[nH]2)cc1C. The summed E-state index contributed by atoms with van der Waals surface area (Å²) in [5.41, 5.74) is 12.0. The van der Waals surface area contributed by atoms with Crippen LogP contribution in [-0.4, -0.2) is 9.97 Å². The van der Waals surface area contributed by atoms with E-state index in [0.29, 0.717) is 10.7 Å². The molecule has 0 aliphatic carbocycles. The molecule has 1 aromatic heterocycles. The van der Waals surface area contributed by atoms with Crippen molar-refractivity contribution in [2.24, 2.45) is 0 Å². The van der Waals surface area contributed by atoms with E-state index in [1.165, 1.54) is 16.7 Å². The molecule has 20 heavy (non-hydrogen) atoms. The lowest BCUT2D eigenvalue weighted by Crippen LogP contribution is -1.92. The van der Waals surface area contributed by atoms with Gasteiger partial charge in [-0.2, -0.15) is 0 Å². The number of aromatic nitrogens is 2. The number of hydrogen-bond acceptors (Lipinski definition) is 2. The van der Waals surface area contributed by atoms with Crippen LogP contribution in [0.25, 0.3) is 11.0 Å². The lowest BCUT2D eigenvalue weighted by molar-refractivity contribution is 1.03. The fourth-order valence-corrected chi connectivity index (χ4v) is 2.58. The van der Waals surface area contributed by atoms with Gasteiger partial charge in [-0.3, -0.25) is 0 Å². The minimum atomic E-state index is 0.607. The van der Waals surface area contributed by atoms with Gasteiger partial charge in [-0.05, 0) is 42.7 Å². The highest BCUT2D eigenvalue weighted by molar-refractivity contribution is 6.31. The number of halogens is 1. The first-order valence-electron chi connectivity index (χ1n) is 6.52. The molecule has 3 N–H and O–H groups in total. The normalized spacial score (nSPS) is 11.2. The predicted molar refractivity (Wildman–Crippen MR) is 84.2 cm³/mol. The molecule has 102 valence electrons. The van der Waals surface area contributed by atoms with Crippen LogP contribution in [0.4, 0.5) is 5.69 Å². The van der Waals surface area contributed by atoms with Crippen LogP contribution in [0, 0.1) is 13.8 Å². The minimum Gasteiger partial charge on any atom is -0.397 e. The number of nitrogens with one attached hydrogen (secondary N) is 1. The van der Waals surface area contributed by atoms with Crippen LogP contribution in [0.2, 0.25) is 5.02 Å². The summed E-state index contributed by atoms with van der Waals surface area (Å²) >= 11 is 6.00. The summed E-state index contributed by atoms with van der Waals surface area (Å²) in [6, 6.07) is 10.0. The third kappa shape index (κ3) is 2.37. The molecule has 0 bridgehead atoms. The average molecular weight is 286 g/mol. The largest absolute Gasteiger partial charge is 0.397 e. The quantitative estimate of drug-likeness (QED) is 0.699. The number of nitrogens with zero attached hydrogens (tertiary/aromatic N) is 1. The van der Waals surface area contributed by atoms with E-state index in [1.54, 1.807) is 6.07 Å². The van der Waals surface area contributed by atoms with Crippen molar-refractivity contribution in [3.63, 3.8) is 0 Å². The Bertz CT molecular complexity index is 790. The number of nitrogens with two attached hydrogens (primary N) is 1. The number of anilines is 1. The first-order chi connectivity index (χ1) is 9.52. The van der Waals surface area contributed by atoms with Crippen LogP contribution in [-0.2, 0) is 6.42 Å². The summed E-state index contributed by atoms with van der Waals surface area (Å²) < 4.78 is 0. The molecule has 0 amide bonds. The number of aromatic amines is 1. The van der Waals surface area contributed by atoms with Gasteiger partial charge in [-0.1, -0.05) is 29.8 Å². The second kappa shape index (κ2) is 4.84. The van der Waals surface area contributed by atoms with E-state index < -0.39 is 0 Å². The first-order valence-corrected chi connectivity index (χ1v) is 6.90. The molecule has 0 saturated heterocycles. The average Bonchev–Trinajstić information content (AvgIpc) is 2.76. The Morgan fingerprint density at radius 3 is 2.70 bits per heavy atom. The van der Waals surface area contributed by atoms with Crippen LogP contribution in [0.15, 0.2) is 30.3 Å². The van der Waals surface area contributed by atoms with Crippen molar-refractivity contribution >= 4 is 28.3 Å². The van der Waals surface area contributed by atoms with E-state index in [1.807, 2.05) is 6.07 Å². The van der Waals surface area contributed by atoms with Gasteiger partial charge in [0.05, 0.1) is 11.2 Å². The maximum atomic E-state index is 6.00. The number of H-pyrrole nitrogens is 1. The zero-order chi connectivity index (χ0) is 14.3. The van der Waals surface area contributed by atoms with Crippen molar-refractivity contribution in [2.75, 3.05) is 5.73 Å². The zero-order valence-electron chi connectivity index (χ0n) is 11.5. The number of fused-ring (bicyclic) bond motifs is 1. The Hall–Kier alpha value is -2.00. The number of aryl methyl sites for hydroxylation is 2. The number of nitrogen functional groups attached to an aromatic ring is 1. The topological polar surface area (TPSA) is 54.7 Å². The Morgan fingerprint density at radius 1 is 1.15 bits per heavy atom. The van der Waals surface area contributed by atoms with Crippen LogP contribution in [0.1, 0.15) is 22.5 Å². The van der Waals surface area contributed by atoms with Crippen molar-refractivity contribution in [3.05, 3.63) is 57.9 Å². The molecule has 2 aromatic carbocycles. The van der Waals surface area contributed by atoms with Crippen LogP contribution in [0.5, 0.6) is 0 Å². The van der Waals surface area contributed by atoms with Crippen molar-refractivity contribution in [1.82, 2.24) is 9.97 Å². The summed E-state index contributed by atoms with van der Waals surface area (Å²) in [5.74, 6) is 0.900. The Balaban J connectivity index is 1.98. The highest BCUT2D eigenvalue weighted by atomic mass is 35.5. The van der Waals surface area contributed by atoms with Crippen molar-refractivity contribution in [2.45, 2.75) is 20.3 Å². The Labute approximate surface area is 122 Å². The van der Waals surface area contributed by atoms with E-state index in [0.717, 1.165) is 23.3 Å². The lowest BCUT2D eigenvalue weighted by atomic mass is 10.0. The molecule has 0 radical (unpaired) electrons. The smallest absolute Gasteiger partial charge is 0.112 e. The highest BCUT2D eigenvalue weighted by Crippen LogP contribution is 2.24. The molecule has 0 spiro atoms. The van der Waals surface area contributed by atoms with Gasteiger partial charge in [0.15, 0.2) is 0 Å². The summed E-state index contributed by atoms with van der Waals surface area (Å²) in [6.45, 7) is 4.23. The molecule has 0 aliphatic rings. The molecule has 3 nitrogen and oxygen atoms in total. The maximum Gasteiger partial charge on any atom is 0.112 e. The molecule has 0 atom stereocenters. The van der Waals surface area contributed by atoms with Crippen LogP contribution < -0.4 is 5.73 Å². The van der Waals surface area contributed by atoms with Crippen LogP contribution in [0.3, 0.4) is 0 Å². The van der Waals surface area contributed by atoms with Gasteiger partial charge in [0.25, 0.3) is 0 Å². The summed E-state index contributed by atoms with van der Waals surface area (Å²) in [4.78, 5) is 7.85. The van der Waals surface area contributed by atoms with E-state index >= 15 is 0 Å². The fraction of sp³-hybridized carbons (Fsp3) is 0.188. The molecule has 0 unspecified atom stereocenters. The Morgan fingerprint density at radius 2 is 1.95 bits per heavy atom. The van der Waals surface area contributed by atoms with E-state index in [2.05, 4.69) is 42.0 Å². The van der Waals surface area contributed by atoms with E-state index in [-0.39, 0.29) is 0 Å². The monoisotopic (exact) mass is 285 g/mol. The van der Waals surface area contributed by atoms with Gasteiger partial charge in [0, 0.05) is 11.4 Å². The standard InChI is InChI=1S/C16H16ClN3/c1-9-3-4-11(5-10(9)2)6-15-19-14-8-12(17)7-13(18)16(14)20-15/h3-5,7-8H,6,18H2,1-2H3,(H,19,20). The first kappa shape index (κ1) is 13.0. The van der Waals surface area contributed by atoms with E-state index in [4.69, 9.17) is 17.3 Å².